The lowest BCUT2D eigenvalue weighted by atomic mass is 10.2. The molecule has 0 heterocycles. The third-order valence-corrected chi connectivity index (χ3v) is 4.22. The minimum absolute atomic E-state index is 0.191. The van der Waals surface area contributed by atoms with Crippen LogP contribution < -0.4 is 10.1 Å². The Morgan fingerprint density at radius 1 is 1.03 bits per heavy atom. The molecule has 0 aromatic heterocycles. The highest BCUT2D eigenvalue weighted by Gasteiger charge is 2.12. The monoisotopic (exact) mass is 453 g/mol. The highest BCUT2D eigenvalue weighted by Crippen LogP contribution is 2.12. The van der Waals surface area contributed by atoms with Gasteiger partial charge in [0.05, 0.1) is 19.8 Å². The minimum atomic E-state index is -0.447. The fraction of sp³-hybridized carbons (Fsp3) is 0.625. The molecule has 0 bridgehead atoms. The van der Waals surface area contributed by atoms with Crippen molar-refractivity contribution in [1.82, 2.24) is 15.1 Å². The van der Waals surface area contributed by atoms with Gasteiger partial charge in [0.15, 0.2) is 0 Å². The molecule has 0 spiro atoms. The van der Waals surface area contributed by atoms with Crippen LogP contribution in [0.3, 0.4) is 0 Å². The van der Waals surface area contributed by atoms with E-state index in [9.17, 15) is 14.4 Å². The Hall–Kier alpha value is -2.61. The molecule has 32 heavy (non-hydrogen) atoms. The SMILES string of the molecule is CC.CCCCN(C=O)CCCNC(=O)N(C=O)Cc1ccc(OC)cc1.COC(C)C. The lowest BCUT2D eigenvalue weighted by Gasteiger charge is -2.19. The first-order chi connectivity index (χ1) is 15.4. The number of rotatable bonds is 13. The van der Waals surface area contributed by atoms with Crippen LogP contribution in [0.5, 0.6) is 5.75 Å². The van der Waals surface area contributed by atoms with Crippen molar-refractivity contribution in [3.8, 4) is 5.75 Å². The van der Waals surface area contributed by atoms with Crippen molar-refractivity contribution < 1.29 is 23.9 Å². The maximum absolute atomic E-state index is 12.1. The van der Waals surface area contributed by atoms with Gasteiger partial charge in [-0.05, 0) is 44.4 Å². The second-order valence-corrected chi connectivity index (χ2v) is 6.95. The Morgan fingerprint density at radius 3 is 2.03 bits per heavy atom. The normalized spacial score (nSPS) is 9.50. The summed E-state index contributed by atoms with van der Waals surface area (Å²) in [4.78, 5) is 36.9. The molecule has 0 aliphatic rings. The summed E-state index contributed by atoms with van der Waals surface area (Å²) in [6, 6.07) is 6.72. The summed E-state index contributed by atoms with van der Waals surface area (Å²) in [7, 11) is 3.28. The number of hydrogen-bond donors (Lipinski definition) is 1. The lowest BCUT2D eigenvalue weighted by molar-refractivity contribution is -0.118. The van der Waals surface area contributed by atoms with E-state index >= 15 is 0 Å². The first kappa shape index (κ1) is 31.6. The van der Waals surface area contributed by atoms with Crippen LogP contribution in [0.1, 0.15) is 59.4 Å². The van der Waals surface area contributed by atoms with E-state index in [-0.39, 0.29) is 6.54 Å². The van der Waals surface area contributed by atoms with Crippen molar-refractivity contribution in [1.29, 1.82) is 0 Å². The maximum atomic E-state index is 12.1. The number of amides is 4. The van der Waals surface area contributed by atoms with E-state index in [2.05, 4.69) is 12.2 Å². The van der Waals surface area contributed by atoms with Crippen molar-refractivity contribution in [2.24, 2.45) is 0 Å². The van der Waals surface area contributed by atoms with E-state index in [1.807, 2.05) is 27.7 Å². The maximum Gasteiger partial charge on any atom is 0.324 e. The van der Waals surface area contributed by atoms with Crippen LogP contribution in [0.4, 0.5) is 4.79 Å². The average Bonchev–Trinajstić information content (AvgIpc) is 2.83. The number of ether oxygens (including phenoxy) is 2. The summed E-state index contributed by atoms with van der Waals surface area (Å²) < 4.78 is 9.83. The number of methoxy groups -OCH3 is 2. The van der Waals surface area contributed by atoms with Crippen molar-refractivity contribution in [2.45, 2.75) is 66.5 Å². The number of unbranched alkanes of at least 4 members (excludes halogenated alkanes) is 1. The number of carbonyl (C=O) groups excluding carboxylic acids is 3. The quantitative estimate of drug-likeness (QED) is 0.359. The molecule has 184 valence electrons. The topological polar surface area (TPSA) is 88.2 Å². The van der Waals surface area contributed by atoms with Crippen molar-refractivity contribution >= 4 is 18.9 Å². The molecule has 0 unspecified atom stereocenters. The molecule has 1 N–H and O–H groups in total. The fourth-order valence-electron chi connectivity index (χ4n) is 2.24. The average molecular weight is 454 g/mol. The van der Waals surface area contributed by atoms with Crippen LogP contribution in [0, 0.1) is 0 Å². The Bertz CT molecular complexity index is 594. The molecule has 0 saturated heterocycles. The zero-order valence-corrected chi connectivity index (χ0v) is 20.9. The number of benzene rings is 1. The number of nitrogens with one attached hydrogen (secondary N) is 1. The Kier molecular flexibility index (Phi) is 21.3. The summed E-state index contributed by atoms with van der Waals surface area (Å²) in [5.41, 5.74) is 0.828. The lowest BCUT2D eigenvalue weighted by Crippen LogP contribution is -2.39. The smallest absolute Gasteiger partial charge is 0.324 e. The van der Waals surface area contributed by atoms with E-state index in [1.54, 1.807) is 43.4 Å². The van der Waals surface area contributed by atoms with Gasteiger partial charge in [-0.1, -0.05) is 39.3 Å². The molecule has 0 fully saturated rings. The number of carbonyl (C=O) groups is 3. The predicted octanol–water partition coefficient (Wildman–Crippen LogP) is 4.08. The minimum Gasteiger partial charge on any atom is -0.497 e. The zero-order valence-electron chi connectivity index (χ0n) is 20.9. The molecule has 4 amide bonds. The first-order valence-corrected chi connectivity index (χ1v) is 11.3. The Labute approximate surface area is 194 Å². The Balaban J connectivity index is 0. The first-order valence-electron chi connectivity index (χ1n) is 11.3. The molecule has 8 nitrogen and oxygen atoms in total. The van der Waals surface area contributed by atoms with Crippen LogP contribution in [0.25, 0.3) is 0 Å². The molecule has 0 saturated carbocycles. The molecule has 0 aliphatic carbocycles. The molecule has 0 atom stereocenters. The predicted molar refractivity (Wildman–Crippen MR) is 129 cm³/mol. The highest BCUT2D eigenvalue weighted by atomic mass is 16.5. The summed E-state index contributed by atoms with van der Waals surface area (Å²) in [5, 5.41) is 2.70. The second kappa shape index (κ2) is 21.6. The molecular weight excluding hydrogens is 410 g/mol. The van der Waals surface area contributed by atoms with Crippen LogP contribution in [0.15, 0.2) is 24.3 Å². The summed E-state index contributed by atoms with van der Waals surface area (Å²) in [6.07, 6.45) is 4.36. The van der Waals surface area contributed by atoms with Gasteiger partial charge in [0.1, 0.15) is 5.75 Å². The van der Waals surface area contributed by atoms with E-state index in [0.29, 0.717) is 37.8 Å². The summed E-state index contributed by atoms with van der Waals surface area (Å²) in [6.45, 7) is 12.0. The third kappa shape index (κ3) is 16.1. The number of urea groups is 1. The molecule has 0 radical (unpaired) electrons. The molecular formula is C24H43N3O5. The van der Waals surface area contributed by atoms with Crippen molar-refractivity contribution in [3.05, 3.63) is 29.8 Å². The zero-order chi connectivity index (χ0) is 24.8. The van der Waals surface area contributed by atoms with Gasteiger partial charge in [0.25, 0.3) is 0 Å². The van der Waals surface area contributed by atoms with Gasteiger partial charge in [-0.2, -0.15) is 0 Å². The van der Waals surface area contributed by atoms with Crippen molar-refractivity contribution in [2.75, 3.05) is 33.9 Å². The molecule has 1 aromatic rings. The third-order valence-electron chi connectivity index (χ3n) is 4.22. The van der Waals surface area contributed by atoms with Gasteiger partial charge in [-0.15, -0.1) is 0 Å². The van der Waals surface area contributed by atoms with Gasteiger partial charge >= 0.3 is 6.03 Å². The molecule has 0 aliphatic heterocycles. The van der Waals surface area contributed by atoms with Crippen LogP contribution in [0.2, 0.25) is 0 Å². The number of nitrogens with zero attached hydrogens (tertiary/aromatic N) is 2. The van der Waals surface area contributed by atoms with Gasteiger partial charge < -0.3 is 19.7 Å². The summed E-state index contributed by atoms with van der Waals surface area (Å²) in [5.74, 6) is 0.716. The van der Waals surface area contributed by atoms with E-state index in [1.165, 1.54) is 0 Å². The van der Waals surface area contributed by atoms with E-state index < -0.39 is 6.03 Å². The molecule has 1 rings (SSSR count). The fourth-order valence-corrected chi connectivity index (χ4v) is 2.24. The van der Waals surface area contributed by atoms with Gasteiger partial charge in [-0.3, -0.25) is 14.5 Å². The Morgan fingerprint density at radius 2 is 1.59 bits per heavy atom. The van der Waals surface area contributed by atoms with Gasteiger partial charge in [-0.25, -0.2) is 4.79 Å². The highest BCUT2D eigenvalue weighted by molar-refractivity contribution is 5.84. The number of imide groups is 1. The van der Waals surface area contributed by atoms with Crippen LogP contribution >= 0.6 is 0 Å². The van der Waals surface area contributed by atoms with E-state index in [4.69, 9.17) is 9.47 Å². The van der Waals surface area contributed by atoms with Crippen LogP contribution in [-0.2, 0) is 20.9 Å². The molecule has 1 aromatic carbocycles. The van der Waals surface area contributed by atoms with Gasteiger partial charge in [0.2, 0.25) is 12.8 Å². The standard InChI is InChI=1S/C18H27N3O4.C4H10O.C2H6/c1-3-4-11-20(14-22)12-5-10-19-18(24)21(15-23)13-16-6-8-17(25-2)9-7-16;1-4(2)5-3;1-2/h6-9,14-15H,3-5,10-13H2,1-2H3,(H,19,24);4H,1-3H3;1-2H3. The van der Waals surface area contributed by atoms with Gasteiger partial charge in [0, 0.05) is 26.7 Å². The van der Waals surface area contributed by atoms with Crippen molar-refractivity contribution in [3.63, 3.8) is 0 Å². The van der Waals surface area contributed by atoms with E-state index in [0.717, 1.165) is 36.3 Å². The summed E-state index contributed by atoms with van der Waals surface area (Å²) >= 11 is 0. The molecule has 8 heteroatoms. The second-order valence-electron chi connectivity index (χ2n) is 6.95. The van der Waals surface area contributed by atoms with Crippen LogP contribution in [-0.4, -0.2) is 68.6 Å². The largest absolute Gasteiger partial charge is 0.497 e. The number of hydrogen-bond acceptors (Lipinski definition) is 5.